The second-order valence-electron chi connectivity index (χ2n) is 0.447. The van der Waals surface area contributed by atoms with Crippen LogP contribution in [0.5, 0.6) is 0 Å². The van der Waals surface area contributed by atoms with Crippen molar-refractivity contribution in [2.45, 2.75) is 0 Å². The van der Waals surface area contributed by atoms with E-state index in [1.165, 1.54) is 0 Å². The molecular formula is H3CaCoFNO4P. The topological polar surface area (TPSA) is 121 Å². The van der Waals surface area contributed by atoms with Crippen LogP contribution in [0.3, 0.4) is 0 Å². The van der Waals surface area contributed by atoms with E-state index in [1.54, 1.807) is 0 Å². The van der Waals surface area contributed by atoms with Gasteiger partial charge < -0.3 is 30.1 Å². The Morgan fingerprint density at radius 3 is 1.11 bits per heavy atom. The monoisotopic (exact) mass is 230 g/mol. The summed E-state index contributed by atoms with van der Waals surface area (Å²) in [6.45, 7) is 0. The summed E-state index contributed by atoms with van der Waals surface area (Å²) >= 11 is 0. The van der Waals surface area contributed by atoms with E-state index in [1.807, 2.05) is 0 Å². The van der Waals surface area contributed by atoms with E-state index < -0.39 is 7.82 Å². The molecule has 5 nitrogen and oxygen atoms in total. The van der Waals surface area contributed by atoms with Crippen LogP contribution in [0.15, 0.2) is 0 Å². The van der Waals surface area contributed by atoms with E-state index in [0.29, 0.717) is 0 Å². The first-order valence-electron chi connectivity index (χ1n) is 0.730. The van der Waals surface area contributed by atoms with E-state index in [4.69, 9.17) is 19.2 Å². The molecule has 55 valence electrons. The summed E-state index contributed by atoms with van der Waals surface area (Å²) in [5.74, 6) is 0. The molecule has 0 saturated heterocycles. The van der Waals surface area contributed by atoms with Crippen LogP contribution in [0.2, 0.25) is 0 Å². The molecule has 0 aromatic heterocycles. The second-order valence-corrected chi connectivity index (χ2v) is 1.34. The van der Waals surface area contributed by atoms with E-state index in [-0.39, 0.29) is 65.4 Å². The van der Waals surface area contributed by atoms with Crippen molar-refractivity contribution in [2.75, 3.05) is 0 Å². The average molecular weight is 230 g/mol. The van der Waals surface area contributed by atoms with Crippen LogP contribution in [0, 0.1) is 0 Å². The molecule has 0 heterocycles. The zero-order valence-corrected chi connectivity index (χ0v) is 8.35. The fraction of sp³-hybridized carbons (Fsp3) is 0. The molecule has 0 unspecified atom stereocenters. The summed E-state index contributed by atoms with van der Waals surface area (Å²) < 4.78 is 8.55. The number of halogens is 1. The van der Waals surface area contributed by atoms with Crippen molar-refractivity contribution in [3.8, 4) is 0 Å². The molecule has 0 aromatic carbocycles. The third kappa shape index (κ3) is 189. The standard InChI is InChI=1S/Ca.Co.FH.H3N.H3O4P/c;;;;1-5(2,3)4/h;;1H;1H3;(H3,1,2,3,4)/q2*+2;;;/p-4. The average Bonchev–Trinajstić information content (AvgIpc) is 0.722. The predicted molar refractivity (Wildman–Crippen MR) is 18.4 cm³/mol. The Morgan fingerprint density at radius 1 is 1.11 bits per heavy atom. The molecule has 0 spiro atoms. The van der Waals surface area contributed by atoms with Crippen molar-refractivity contribution in [3.05, 3.63) is 0 Å². The first-order chi connectivity index (χ1) is 2.00. The van der Waals surface area contributed by atoms with Crippen LogP contribution in [-0.2, 0) is 21.3 Å². The van der Waals surface area contributed by atoms with Gasteiger partial charge in [-0.25, -0.2) is 0 Å². The van der Waals surface area contributed by atoms with Gasteiger partial charge in [0.15, 0.2) is 0 Å². The Kier molecular flexibility index (Phi) is 42.7. The first-order valence-corrected chi connectivity index (χ1v) is 2.19. The summed E-state index contributed by atoms with van der Waals surface area (Å²) in [4.78, 5) is 25.6. The Labute approximate surface area is 91.6 Å². The van der Waals surface area contributed by atoms with Crippen molar-refractivity contribution >= 4 is 45.6 Å². The molecule has 0 aromatic rings. The van der Waals surface area contributed by atoms with E-state index >= 15 is 0 Å². The molecule has 0 amide bonds. The molecule has 9 heteroatoms. The summed E-state index contributed by atoms with van der Waals surface area (Å²) in [6, 6.07) is 0. The largest absolute Gasteiger partial charge is 2.00 e. The fourth-order valence-corrected chi connectivity index (χ4v) is 0. The molecule has 0 saturated carbocycles. The fourth-order valence-electron chi connectivity index (χ4n) is 0. The van der Waals surface area contributed by atoms with E-state index in [2.05, 4.69) is 0 Å². The Morgan fingerprint density at radius 2 is 1.11 bits per heavy atom. The number of hydrogen-bond donors (Lipinski definition) is 1. The molecule has 0 fully saturated rings. The van der Waals surface area contributed by atoms with Gasteiger partial charge in [0.05, 0.1) is 0 Å². The van der Waals surface area contributed by atoms with Crippen molar-refractivity contribution in [3.63, 3.8) is 0 Å². The molecule has 1 radical (unpaired) electrons. The minimum absolute atomic E-state index is 0. The van der Waals surface area contributed by atoms with E-state index in [0.717, 1.165) is 0 Å². The maximum Gasteiger partial charge on any atom is 2.00 e. The summed E-state index contributed by atoms with van der Waals surface area (Å²) in [5.41, 5.74) is 0. The molecule has 0 aliphatic rings. The molecule has 0 aliphatic carbocycles. The number of hydrogen-bond acceptors (Lipinski definition) is 5. The number of phosphoric acid groups is 1. The van der Waals surface area contributed by atoms with Gasteiger partial charge in [-0.3, -0.25) is 0 Å². The van der Waals surface area contributed by atoms with Gasteiger partial charge in [0, 0.05) is 0 Å². The zero-order valence-electron chi connectivity index (χ0n) is 4.21. The van der Waals surface area contributed by atoms with Crippen molar-refractivity contribution < 1.29 is 40.7 Å². The van der Waals surface area contributed by atoms with Crippen molar-refractivity contribution in [1.82, 2.24) is 6.15 Å². The molecule has 0 aliphatic heterocycles. The molecule has 9 heavy (non-hydrogen) atoms. The second kappa shape index (κ2) is 12.4. The van der Waals surface area contributed by atoms with Crippen LogP contribution in [-0.4, -0.2) is 37.7 Å². The van der Waals surface area contributed by atoms with Gasteiger partial charge in [-0.1, -0.05) is 0 Å². The van der Waals surface area contributed by atoms with Gasteiger partial charge in [-0.05, 0) is 0 Å². The van der Waals surface area contributed by atoms with E-state index in [9.17, 15) is 0 Å². The maximum absolute atomic E-state index is 8.55. The maximum atomic E-state index is 8.55. The van der Waals surface area contributed by atoms with Gasteiger partial charge in [0.2, 0.25) is 0 Å². The minimum atomic E-state index is -5.39. The molecule has 3 N–H and O–H groups in total. The first kappa shape index (κ1) is 30.9. The normalized spacial score (nSPS) is 6.56. The quantitative estimate of drug-likeness (QED) is 0.328. The Balaban J connectivity index is -0.0000000133. The van der Waals surface area contributed by atoms with Crippen molar-refractivity contribution in [1.29, 1.82) is 0 Å². The summed E-state index contributed by atoms with van der Waals surface area (Å²) in [6.07, 6.45) is 0. The van der Waals surface area contributed by atoms with Crippen LogP contribution < -0.4 is 25.5 Å². The molecule has 0 rings (SSSR count). The van der Waals surface area contributed by atoms with Gasteiger partial charge >= 0.3 is 54.5 Å². The number of rotatable bonds is 0. The third-order valence-corrected chi connectivity index (χ3v) is 0. The summed E-state index contributed by atoms with van der Waals surface area (Å²) in [7, 11) is -5.39. The van der Waals surface area contributed by atoms with Gasteiger partial charge in [0.25, 0.3) is 0 Å². The Bertz CT molecular complexity index is 66.7. The molecule has 0 atom stereocenters. The smallest absolute Gasteiger partial charge is 1.00 e. The summed E-state index contributed by atoms with van der Waals surface area (Å²) in [5, 5.41) is 0. The van der Waals surface area contributed by atoms with Crippen LogP contribution in [0.4, 0.5) is 0 Å². The van der Waals surface area contributed by atoms with Crippen LogP contribution in [0.25, 0.3) is 0 Å². The Hall–Kier alpha value is 1.77. The predicted octanol–water partition coefficient (Wildman–Crippen LogP) is -6.04. The van der Waals surface area contributed by atoms with Crippen LogP contribution in [0.1, 0.15) is 0 Å². The molecular weight excluding hydrogens is 227 g/mol. The SMILES string of the molecule is N.O=P([O-])([O-])[O-].[Ca+2].[Co+2].[F-]. The molecule has 0 bridgehead atoms. The van der Waals surface area contributed by atoms with Crippen LogP contribution >= 0.6 is 7.82 Å². The van der Waals surface area contributed by atoms with Crippen molar-refractivity contribution in [2.24, 2.45) is 0 Å². The van der Waals surface area contributed by atoms with Gasteiger partial charge in [-0.15, -0.1) is 0 Å². The minimum Gasteiger partial charge on any atom is -1.00 e. The van der Waals surface area contributed by atoms with Gasteiger partial charge in [-0.2, -0.15) is 7.82 Å². The zero-order chi connectivity index (χ0) is 4.50. The van der Waals surface area contributed by atoms with Gasteiger partial charge in [0.1, 0.15) is 0 Å². The third-order valence-electron chi connectivity index (χ3n) is 0.